The highest BCUT2D eigenvalue weighted by atomic mass is 16.6. The van der Waals surface area contributed by atoms with Gasteiger partial charge in [-0.2, -0.15) is 0 Å². The number of urea groups is 1. The van der Waals surface area contributed by atoms with E-state index in [9.17, 15) is 14.4 Å². The molecule has 10 nitrogen and oxygen atoms in total. The van der Waals surface area contributed by atoms with Gasteiger partial charge in [-0.15, -0.1) is 0 Å². The molecule has 2 N–H and O–H groups in total. The Balaban J connectivity index is 1.03. The highest BCUT2D eigenvalue weighted by Crippen LogP contribution is 2.27. The first-order valence-electron chi connectivity index (χ1n) is 12.9. The first-order chi connectivity index (χ1) is 17.1. The predicted octanol–water partition coefficient (Wildman–Crippen LogP) is 1.53. The van der Waals surface area contributed by atoms with Crippen molar-refractivity contribution in [2.24, 2.45) is 0 Å². The molecule has 190 valence electrons. The Kier molecular flexibility index (Phi) is 7.38. The van der Waals surface area contributed by atoms with Crippen LogP contribution in [0.3, 0.4) is 0 Å². The summed E-state index contributed by atoms with van der Waals surface area (Å²) in [6, 6.07) is 8.43. The molecule has 5 rings (SSSR count). The number of para-hydroxylation sites is 1. The molecule has 4 aliphatic heterocycles. The number of hydrogen-bond donors (Lipinski definition) is 2. The van der Waals surface area contributed by atoms with E-state index in [0.29, 0.717) is 51.6 Å². The Morgan fingerprint density at radius 2 is 1.60 bits per heavy atom. The lowest BCUT2D eigenvalue weighted by atomic mass is 10.0. The Morgan fingerprint density at radius 1 is 0.886 bits per heavy atom. The van der Waals surface area contributed by atoms with Crippen molar-refractivity contribution in [3.63, 3.8) is 0 Å². The van der Waals surface area contributed by atoms with Gasteiger partial charge < -0.3 is 30.1 Å². The zero-order chi connectivity index (χ0) is 24.2. The van der Waals surface area contributed by atoms with E-state index in [2.05, 4.69) is 15.5 Å². The van der Waals surface area contributed by atoms with E-state index in [1.54, 1.807) is 4.90 Å². The molecule has 4 amide bonds. The topological polar surface area (TPSA) is 97.5 Å². The molecule has 35 heavy (non-hydrogen) atoms. The van der Waals surface area contributed by atoms with E-state index in [0.717, 1.165) is 50.3 Å². The van der Waals surface area contributed by atoms with Gasteiger partial charge in [0.1, 0.15) is 0 Å². The number of carbonyl (C=O) groups is 3. The molecule has 4 heterocycles. The Bertz CT molecular complexity index is 920. The number of fused-ring (bicyclic) bond motifs is 1. The second kappa shape index (κ2) is 10.8. The molecule has 0 bridgehead atoms. The molecule has 1 aromatic rings. The van der Waals surface area contributed by atoms with Gasteiger partial charge >= 0.3 is 12.1 Å². The fourth-order valence-electron chi connectivity index (χ4n) is 5.69. The van der Waals surface area contributed by atoms with Crippen molar-refractivity contribution >= 4 is 23.7 Å². The van der Waals surface area contributed by atoms with Gasteiger partial charge in [-0.1, -0.05) is 18.2 Å². The lowest BCUT2D eigenvalue weighted by Gasteiger charge is -2.41. The van der Waals surface area contributed by atoms with Crippen molar-refractivity contribution in [2.45, 2.75) is 44.3 Å². The number of ether oxygens (including phenoxy) is 1. The maximum atomic E-state index is 12.6. The van der Waals surface area contributed by atoms with Crippen LogP contribution in [0, 0.1) is 0 Å². The van der Waals surface area contributed by atoms with Gasteiger partial charge in [-0.05, 0) is 50.4 Å². The van der Waals surface area contributed by atoms with Gasteiger partial charge in [0.05, 0.1) is 0 Å². The van der Waals surface area contributed by atoms with Crippen molar-refractivity contribution < 1.29 is 19.1 Å². The average Bonchev–Trinajstić information content (AvgIpc) is 2.92. The third-order valence-electron chi connectivity index (χ3n) is 7.84. The summed E-state index contributed by atoms with van der Waals surface area (Å²) in [7, 11) is 0. The second-order valence-corrected chi connectivity index (χ2v) is 9.89. The number of rotatable bonds is 4. The van der Waals surface area contributed by atoms with Crippen LogP contribution in [0.2, 0.25) is 0 Å². The summed E-state index contributed by atoms with van der Waals surface area (Å²) in [4.78, 5) is 45.6. The van der Waals surface area contributed by atoms with Crippen LogP contribution in [0.4, 0.5) is 15.3 Å². The van der Waals surface area contributed by atoms with Crippen LogP contribution in [0.15, 0.2) is 24.3 Å². The number of amides is 4. The van der Waals surface area contributed by atoms with Crippen LogP contribution >= 0.6 is 0 Å². The fourth-order valence-corrected chi connectivity index (χ4v) is 5.69. The van der Waals surface area contributed by atoms with Crippen LogP contribution in [0.5, 0.6) is 0 Å². The molecule has 0 atom stereocenters. The molecule has 0 aromatic heterocycles. The molecule has 10 heteroatoms. The molecule has 4 aliphatic rings. The first kappa shape index (κ1) is 23.9. The minimum atomic E-state index is -0.446. The lowest BCUT2D eigenvalue weighted by molar-refractivity contribution is -0.136. The van der Waals surface area contributed by atoms with E-state index in [4.69, 9.17) is 4.74 Å². The molecule has 0 saturated carbocycles. The lowest BCUT2D eigenvalue weighted by Crippen LogP contribution is -2.54. The molecule has 0 aliphatic carbocycles. The highest BCUT2D eigenvalue weighted by Gasteiger charge is 2.33. The number of carbonyl (C=O) groups excluding carboxylic acids is 3. The van der Waals surface area contributed by atoms with Crippen LogP contribution < -0.4 is 10.6 Å². The van der Waals surface area contributed by atoms with Crippen molar-refractivity contribution in [1.29, 1.82) is 0 Å². The highest BCUT2D eigenvalue weighted by molar-refractivity contribution is 5.92. The van der Waals surface area contributed by atoms with Gasteiger partial charge in [-0.3, -0.25) is 9.69 Å². The number of hydrogen-bond acceptors (Lipinski definition) is 6. The van der Waals surface area contributed by atoms with Gasteiger partial charge in [-0.25, -0.2) is 9.59 Å². The standard InChI is InChI=1S/C25H36N6O4/c32-23(29-15-13-28(14-16-29)20-5-9-26-10-6-20)18-35-25(34)30-11-7-21(8-12-30)31-17-19-3-1-2-4-22(19)27-24(31)33/h1-4,20-21,26H,5-18H2,(H,27,33). The number of piperazine rings is 1. The molecule has 0 radical (unpaired) electrons. The molecule has 3 fully saturated rings. The molecule has 3 saturated heterocycles. The minimum Gasteiger partial charge on any atom is -0.439 e. The third-order valence-corrected chi connectivity index (χ3v) is 7.84. The summed E-state index contributed by atoms with van der Waals surface area (Å²) in [5.74, 6) is -0.123. The van der Waals surface area contributed by atoms with Crippen LogP contribution in [0.1, 0.15) is 31.2 Å². The number of benzene rings is 1. The van der Waals surface area contributed by atoms with Crippen molar-refractivity contribution in [3.05, 3.63) is 29.8 Å². The van der Waals surface area contributed by atoms with Gasteiger partial charge in [0.15, 0.2) is 6.61 Å². The van der Waals surface area contributed by atoms with Crippen LogP contribution in [-0.2, 0) is 16.1 Å². The summed E-state index contributed by atoms with van der Waals surface area (Å²) >= 11 is 0. The van der Waals surface area contributed by atoms with Gasteiger partial charge in [0.2, 0.25) is 0 Å². The third kappa shape index (κ3) is 5.54. The fraction of sp³-hybridized carbons (Fsp3) is 0.640. The Labute approximate surface area is 206 Å². The minimum absolute atomic E-state index is 0.0743. The van der Waals surface area contributed by atoms with Crippen LogP contribution in [0.25, 0.3) is 0 Å². The quantitative estimate of drug-likeness (QED) is 0.673. The van der Waals surface area contributed by atoms with E-state index in [-0.39, 0.29) is 24.6 Å². The summed E-state index contributed by atoms with van der Waals surface area (Å²) in [5.41, 5.74) is 1.97. The Morgan fingerprint density at radius 3 is 2.34 bits per heavy atom. The van der Waals surface area contributed by atoms with E-state index >= 15 is 0 Å². The maximum Gasteiger partial charge on any atom is 0.410 e. The molecular weight excluding hydrogens is 448 g/mol. The largest absolute Gasteiger partial charge is 0.439 e. The molecule has 1 aromatic carbocycles. The Hall–Kier alpha value is -2.85. The zero-order valence-electron chi connectivity index (χ0n) is 20.3. The predicted molar refractivity (Wildman–Crippen MR) is 131 cm³/mol. The summed E-state index contributed by atoms with van der Waals surface area (Å²) in [6.45, 7) is 6.66. The number of anilines is 1. The number of nitrogens with one attached hydrogen (secondary N) is 2. The summed E-state index contributed by atoms with van der Waals surface area (Å²) in [6.07, 6.45) is 3.27. The van der Waals surface area contributed by atoms with Gasteiger partial charge in [0, 0.05) is 63.6 Å². The number of likely N-dealkylation sites (tertiary alicyclic amines) is 1. The molecule has 0 spiro atoms. The van der Waals surface area contributed by atoms with Crippen molar-refractivity contribution in [2.75, 3.05) is 64.3 Å². The van der Waals surface area contributed by atoms with Crippen molar-refractivity contribution in [1.82, 2.24) is 24.9 Å². The normalized spacial score (nSPS) is 22.5. The molecular formula is C25H36N6O4. The van der Waals surface area contributed by atoms with E-state index < -0.39 is 6.09 Å². The number of piperidine rings is 2. The molecule has 0 unspecified atom stereocenters. The monoisotopic (exact) mass is 484 g/mol. The van der Waals surface area contributed by atoms with Crippen molar-refractivity contribution in [3.8, 4) is 0 Å². The SMILES string of the molecule is O=C(COC(=O)N1CCC(N2Cc3ccccc3NC2=O)CC1)N1CCN(C2CCNCC2)CC1. The first-order valence-corrected chi connectivity index (χ1v) is 12.9. The van der Waals surface area contributed by atoms with Gasteiger partial charge in [0.25, 0.3) is 5.91 Å². The van der Waals surface area contributed by atoms with Crippen LogP contribution in [-0.4, -0.2) is 109 Å². The maximum absolute atomic E-state index is 12.6. The smallest absolute Gasteiger partial charge is 0.410 e. The average molecular weight is 485 g/mol. The number of nitrogens with zero attached hydrogens (tertiary/aromatic N) is 4. The summed E-state index contributed by atoms with van der Waals surface area (Å²) < 4.78 is 5.37. The van der Waals surface area contributed by atoms with E-state index in [1.165, 1.54) is 0 Å². The zero-order valence-corrected chi connectivity index (χ0v) is 20.3. The second-order valence-electron chi connectivity index (χ2n) is 9.89. The van der Waals surface area contributed by atoms with E-state index in [1.807, 2.05) is 34.1 Å². The summed E-state index contributed by atoms with van der Waals surface area (Å²) in [5, 5.41) is 6.36.